The summed E-state index contributed by atoms with van der Waals surface area (Å²) in [5.74, 6) is 0.688. The average Bonchev–Trinajstić information content (AvgIpc) is 2.77. The zero-order valence-corrected chi connectivity index (χ0v) is 19.5. The van der Waals surface area contributed by atoms with Gasteiger partial charge in [0.25, 0.3) is 15.9 Å². The van der Waals surface area contributed by atoms with E-state index in [4.69, 9.17) is 0 Å². The van der Waals surface area contributed by atoms with Crippen LogP contribution < -0.4 is 9.62 Å². The molecule has 6 nitrogen and oxygen atoms in total. The molecule has 1 saturated heterocycles. The molecule has 0 unspecified atom stereocenters. The number of amides is 1. The second kappa shape index (κ2) is 10.3. The Bertz CT molecular complexity index is 964. The maximum absolute atomic E-state index is 12.8. The molecule has 1 heterocycles. The second-order valence-electron chi connectivity index (χ2n) is 8.47. The van der Waals surface area contributed by atoms with Crippen LogP contribution in [0.5, 0.6) is 0 Å². The molecule has 0 aliphatic carbocycles. The minimum Gasteiger partial charge on any atom is -0.352 e. The van der Waals surface area contributed by atoms with Crippen LogP contribution in [-0.4, -0.2) is 52.5 Å². The number of hydrogen-bond acceptors (Lipinski definition) is 4. The lowest BCUT2D eigenvalue weighted by Crippen LogP contribution is -2.35. The van der Waals surface area contributed by atoms with E-state index in [9.17, 15) is 13.2 Å². The molecule has 31 heavy (non-hydrogen) atoms. The summed E-state index contributed by atoms with van der Waals surface area (Å²) in [7, 11) is -2.13. The topological polar surface area (TPSA) is 69.7 Å². The molecule has 1 amide bonds. The van der Waals surface area contributed by atoms with E-state index in [1.54, 1.807) is 48.5 Å². The van der Waals surface area contributed by atoms with Gasteiger partial charge >= 0.3 is 0 Å². The Balaban J connectivity index is 1.51. The highest BCUT2D eigenvalue weighted by Crippen LogP contribution is 2.22. The Kier molecular flexibility index (Phi) is 7.73. The third-order valence-electron chi connectivity index (χ3n) is 5.99. The van der Waals surface area contributed by atoms with Gasteiger partial charge in [0.1, 0.15) is 0 Å². The number of benzene rings is 2. The van der Waals surface area contributed by atoms with Gasteiger partial charge in [-0.1, -0.05) is 24.6 Å². The Hall–Kier alpha value is -2.38. The number of nitrogens with one attached hydrogen (secondary N) is 1. The lowest BCUT2D eigenvalue weighted by atomic mass is 9.99. The molecule has 2 aromatic carbocycles. The second-order valence-corrected chi connectivity index (χ2v) is 10.4. The molecule has 168 valence electrons. The third kappa shape index (κ3) is 6.08. The maximum atomic E-state index is 12.8. The summed E-state index contributed by atoms with van der Waals surface area (Å²) in [5, 5.41) is 2.96. The van der Waals surface area contributed by atoms with Crippen molar-refractivity contribution in [3.05, 3.63) is 59.7 Å². The first-order chi connectivity index (χ1) is 14.8. The Labute approximate surface area is 186 Å². The number of hydrogen-bond donors (Lipinski definition) is 1. The van der Waals surface area contributed by atoms with E-state index < -0.39 is 10.0 Å². The van der Waals surface area contributed by atoms with Crippen LogP contribution in [0.3, 0.4) is 0 Å². The predicted molar refractivity (Wildman–Crippen MR) is 125 cm³/mol. The van der Waals surface area contributed by atoms with Crippen LogP contribution in [0.1, 0.15) is 42.1 Å². The molecule has 3 rings (SSSR count). The molecule has 0 radical (unpaired) electrons. The van der Waals surface area contributed by atoms with E-state index in [1.807, 2.05) is 6.92 Å². The van der Waals surface area contributed by atoms with Gasteiger partial charge in [0.15, 0.2) is 0 Å². The van der Waals surface area contributed by atoms with Crippen LogP contribution in [0.15, 0.2) is 53.4 Å². The number of carbonyl (C=O) groups is 1. The first-order valence-corrected chi connectivity index (χ1v) is 12.4. The Morgan fingerprint density at radius 3 is 2.29 bits per heavy atom. The van der Waals surface area contributed by atoms with E-state index in [2.05, 4.69) is 17.1 Å². The van der Waals surface area contributed by atoms with Crippen molar-refractivity contribution < 1.29 is 13.2 Å². The standard InChI is InChI=1S/C24H33N3O3S/c1-19-5-11-23(12-6-19)31(29,30)26(3)22-9-7-21(8-10-22)24(28)25-15-4-16-27-17-13-20(2)14-18-27/h5-12,20H,4,13-18H2,1-3H3,(H,25,28). The molecule has 7 heteroatoms. The predicted octanol–water partition coefficient (Wildman–Crippen LogP) is 3.67. The van der Waals surface area contributed by atoms with E-state index in [1.165, 1.54) is 24.2 Å². The van der Waals surface area contributed by atoms with E-state index in [0.717, 1.165) is 37.5 Å². The number of piperidine rings is 1. The van der Waals surface area contributed by atoms with Gasteiger partial charge < -0.3 is 10.2 Å². The van der Waals surface area contributed by atoms with E-state index in [0.29, 0.717) is 17.8 Å². The normalized spacial score (nSPS) is 15.6. The number of nitrogens with zero attached hydrogens (tertiary/aromatic N) is 2. The largest absolute Gasteiger partial charge is 0.352 e. The van der Waals surface area contributed by atoms with Crippen LogP contribution in [0.4, 0.5) is 5.69 Å². The molecular weight excluding hydrogens is 410 g/mol. The molecule has 2 aromatic rings. The number of sulfonamides is 1. The molecule has 0 saturated carbocycles. The van der Waals surface area contributed by atoms with Gasteiger partial charge in [-0.3, -0.25) is 9.10 Å². The van der Waals surface area contributed by atoms with Crippen molar-refractivity contribution in [1.82, 2.24) is 10.2 Å². The molecule has 0 bridgehead atoms. The fraction of sp³-hybridized carbons (Fsp3) is 0.458. The molecule has 1 N–H and O–H groups in total. The molecule has 1 aliphatic heterocycles. The van der Waals surface area contributed by atoms with Crippen LogP contribution in [0.25, 0.3) is 0 Å². The van der Waals surface area contributed by atoms with Gasteiger partial charge in [-0.25, -0.2) is 8.42 Å². The average molecular weight is 444 g/mol. The summed E-state index contributed by atoms with van der Waals surface area (Å²) >= 11 is 0. The Morgan fingerprint density at radius 1 is 1.06 bits per heavy atom. The molecule has 1 aliphatic rings. The van der Waals surface area contributed by atoms with Crippen LogP contribution in [0, 0.1) is 12.8 Å². The monoisotopic (exact) mass is 443 g/mol. The molecule has 0 spiro atoms. The molecule has 1 fully saturated rings. The van der Waals surface area contributed by atoms with Gasteiger partial charge in [-0.2, -0.15) is 0 Å². The van der Waals surface area contributed by atoms with Crippen molar-refractivity contribution in [2.75, 3.05) is 37.5 Å². The summed E-state index contributed by atoms with van der Waals surface area (Å²) in [5.41, 5.74) is 2.04. The zero-order valence-electron chi connectivity index (χ0n) is 18.7. The van der Waals surface area contributed by atoms with Crippen molar-refractivity contribution in [2.24, 2.45) is 5.92 Å². The first-order valence-electron chi connectivity index (χ1n) is 10.9. The lowest BCUT2D eigenvalue weighted by molar-refractivity contribution is 0.0950. The maximum Gasteiger partial charge on any atom is 0.264 e. The van der Waals surface area contributed by atoms with E-state index in [-0.39, 0.29) is 10.8 Å². The number of rotatable bonds is 8. The fourth-order valence-corrected chi connectivity index (χ4v) is 4.92. The summed E-state index contributed by atoms with van der Waals surface area (Å²) < 4.78 is 26.9. The third-order valence-corrected chi connectivity index (χ3v) is 7.79. The van der Waals surface area contributed by atoms with Crippen molar-refractivity contribution in [3.63, 3.8) is 0 Å². The highest BCUT2D eigenvalue weighted by Gasteiger charge is 2.21. The molecule has 0 aromatic heterocycles. The summed E-state index contributed by atoms with van der Waals surface area (Å²) in [4.78, 5) is 15.1. The first kappa shape index (κ1) is 23.3. The minimum atomic E-state index is -3.65. The SMILES string of the molecule is Cc1ccc(S(=O)(=O)N(C)c2ccc(C(=O)NCCCN3CCC(C)CC3)cc2)cc1. The van der Waals surface area contributed by atoms with Crippen molar-refractivity contribution in [3.8, 4) is 0 Å². The van der Waals surface area contributed by atoms with Crippen molar-refractivity contribution in [2.45, 2.75) is 38.0 Å². The van der Waals surface area contributed by atoms with Crippen molar-refractivity contribution >= 4 is 21.6 Å². The summed E-state index contributed by atoms with van der Waals surface area (Å²) in [6.07, 6.45) is 3.44. The van der Waals surface area contributed by atoms with Crippen molar-refractivity contribution in [1.29, 1.82) is 0 Å². The summed E-state index contributed by atoms with van der Waals surface area (Å²) in [6.45, 7) is 8.16. The smallest absolute Gasteiger partial charge is 0.264 e. The van der Waals surface area contributed by atoms with Gasteiger partial charge in [0.05, 0.1) is 10.6 Å². The van der Waals surface area contributed by atoms with Gasteiger partial charge in [0, 0.05) is 19.2 Å². The quantitative estimate of drug-likeness (QED) is 0.632. The number of likely N-dealkylation sites (tertiary alicyclic amines) is 1. The minimum absolute atomic E-state index is 0.136. The van der Waals surface area contributed by atoms with Crippen LogP contribution >= 0.6 is 0 Å². The fourth-order valence-electron chi connectivity index (χ4n) is 3.72. The highest BCUT2D eigenvalue weighted by molar-refractivity contribution is 7.92. The van der Waals surface area contributed by atoms with Crippen LogP contribution in [-0.2, 0) is 10.0 Å². The van der Waals surface area contributed by atoms with Gasteiger partial charge in [-0.05, 0) is 88.1 Å². The zero-order chi connectivity index (χ0) is 22.4. The van der Waals surface area contributed by atoms with Gasteiger partial charge in [0.2, 0.25) is 0 Å². The van der Waals surface area contributed by atoms with Crippen LogP contribution in [0.2, 0.25) is 0 Å². The number of carbonyl (C=O) groups excluding carboxylic acids is 1. The highest BCUT2D eigenvalue weighted by atomic mass is 32.2. The number of aryl methyl sites for hydroxylation is 1. The Morgan fingerprint density at radius 2 is 1.68 bits per heavy atom. The lowest BCUT2D eigenvalue weighted by Gasteiger charge is -2.30. The number of anilines is 1. The molecule has 0 atom stereocenters. The van der Waals surface area contributed by atoms with E-state index >= 15 is 0 Å². The summed E-state index contributed by atoms with van der Waals surface area (Å²) in [6, 6.07) is 13.4. The molecular formula is C24H33N3O3S. The van der Waals surface area contributed by atoms with Gasteiger partial charge in [-0.15, -0.1) is 0 Å².